The van der Waals surface area contributed by atoms with Crippen molar-refractivity contribution < 1.29 is 4.74 Å². The topological polar surface area (TPSA) is 49.8 Å². The number of guanidine groups is 1. The lowest BCUT2D eigenvalue weighted by Crippen LogP contribution is -2.41. The zero-order chi connectivity index (χ0) is 15.8. The Morgan fingerprint density at radius 3 is 3.00 bits per heavy atom. The molecule has 0 bridgehead atoms. The molecule has 1 aromatic heterocycles. The van der Waals surface area contributed by atoms with Crippen LogP contribution in [-0.4, -0.2) is 56.2 Å². The fraction of sp³-hybridized carbons (Fsp3) is 0.750. The van der Waals surface area contributed by atoms with Gasteiger partial charge in [0.25, 0.3) is 0 Å². The van der Waals surface area contributed by atoms with Crippen molar-refractivity contribution in [3.63, 3.8) is 0 Å². The molecule has 0 saturated heterocycles. The Labute approximate surface area is 137 Å². The molecule has 0 amide bonds. The molecule has 1 aromatic rings. The van der Waals surface area contributed by atoms with Crippen LogP contribution in [0.5, 0.6) is 0 Å². The third kappa shape index (κ3) is 5.93. The lowest BCUT2D eigenvalue weighted by atomic mass is 10.4. The Morgan fingerprint density at radius 1 is 1.55 bits per heavy atom. The van der Waals surface area contributed by atoms with E-state index in [1.54, 1.807) is 11.3 Å². The maximum atomic E-state index is 5.68. The quantitative estimate of drug-likeness (QED) is 0.430. The van der Waals surface area contributed by atoms with Gasteiger partial charge in [-0.15, -0.1) is 11.3 Å². The van der Waals surface area contributed by atoms with E-state index in [4.69, 9.17) is 4.74 Å². The first-order valence-corrected chi connectivity index (χ1v) is 8.97. The number of rotatable bonds is 9. The Balaban J connectivity index is 1.62. The summed E-state index contributed by atoms with van der Waals surface area (Å²) in [7, 11) is 3.87. The van der Waals surface area contributed by atoms with E-state index in [0.717, 1.165) is 51.0 Å². The number of aliphatic imine (C=N–C) groups is 1. The van der Waals surface area contributed by atoms with E-state index < -0.39 is 0 Å². The first kappa shape index (κ1) is 17.2. The molecule has 5 nitrogen and oxygen atoms in total. The molecule has 124 valence electrons. The van der Waals surface area contributed by atoms with Gasteiger partial charge in [0.05, 0.1) is 11.6 Å². The Hall–Kier alpha value is -1.14. The smallest absolute Gasteiger partial charge is 0.193 e. The van der Waals surface area contributed by atoms with Crippen molar-refractivity contribution in [1.29, 1.82) is 0 Å². The van der Waals surface area contributed by atoms with Crippen LogP contribution in [0.4, 0.5) is 0 Å². The van der Waals surface area contributed by atoms with E-state index >= 15 is 0 Å². The number of nitrogens with zero attached hydrogens (tertiary/aromatic N) is 3. The molecule has 6 heteroatoms. The van der Waals surface area contributed by atoms with Crippen molar-refractivity contribution in [1.82, 2.24) is 15.2 Å². The molecule has 1 aliphatic rings. The highest BCUT2D eigenvalue weighted by molar-refractivity contribution is 7.11. The molecule has 2 rings (SSSR count). The minimum atomic E-state index is 0.764. The average molecular weight is 324 g/mol. The molecular formula is C16H28N4OS. The number of hydrogen-bond acceptors (Lipinski definition) is 4. The maximum Gasteiger partial charge on any atom is 0.193 e. The van der Waals surface area contributed by atoms with Crippen molar-refractivity contribution in [2.75, 3.05) is 40.4 Å². The normalized spacial score (nSPS) is 15.1. The first-order chi connectivity index (χ1) is 10.7. The van der Waals surface area contributed by atoms with Crippen molar-refractivity contribution in [2.45, 2.75) is 32.6 Å². The second-order valence-electron chi connectivity index (χ2n) is 5.74. The summed E-state index contributed by atoms with van der Waals surface area (Å²) in [5.74, 6) is 1.75. The summed E-state index contributed by atoms with van der Waals surface area (Å²) in [6.45, 7) is 5.57. The van der Waals surface area contributed by atoms with Gasteiger partial charge in [-0.2, -0.15) is 0 Å². The van der Waals surface area contributed by atoms with E-state index in [2.05, 4.69) is 27.1 Å². The molecular weight excluding hydrogens is 296 g/mol. The molecule has 0 unspecified atom stereocenters. The number of likely N-dealkylation sites (N-methyl/N-ethyl adjacent to an activating group) is 1. The molecule has 0 atom stereocenters. The number of ether oxygens (including phenoxy) is 1. The van der Waals surface area contributed by atoms with Crippen molar-refractivity contribution in [3.8, 4) is 0 Å². The van der Waals surface area contributed by atoms with Crippen LogP contribution in [-0.2, 0) is 17.6 Å². The second-order valence-corrected chi connectivity index (χ2v) is 6.94. The highest BCUT2D eigenvalue weighted by Gasteiger charge is 2.21. The second kappa shape index (κ2) is 9.10. The third-order valence-corrected chi connectivity index (χ3v) is 4.97. The Bertz CT molecular complexity index is 470. The van der Waals surface area contributed by atoms with Gasteiger partial charge in [0.1, 0.15) is 0 Å². The summed E-state index contributed by atoms with van der Waals surface area (Å²) in [4.78, 5) is 12.2. The predicted octanol–water partition coefficient (Wildman–Crippen LogP) is 2.18. The molecule has 0 radical (unpaired) electrons. The van der Waals surface area contributed by atoms with Gasteiger partial charge in [-0.25, -0.2) is 4.98 Å². The van der Waals surface area contributed by atoms with E-state index in [1.807, 2.05) is 20.3 Å². The van der Waals surface area contributed by atoms with Gasteiger partial charge in [0.2, 0.25) is 0 Å². The summed E-state index contributed by atoms with van der Waals surface area (Å²) in [5.41, 5.74) is 0. The minimum absolute atomic E-state index is 0.764. The Morgan fingerprint density at radius 2 is 2.36 bits per heavy atom. The lowest BCUT2D eigenvalue weighted by Gasteiger charge is -2.21. The van der Waals surface area contributed by atoms with E-state index in [-0.39, 0.29) is 0 Å². The van der Waals surface area contributed by atoms with Crippen LogP contribution >= 0.6 is 11.3 Å². The number of aromatic nitrogens is 1. The molecule has 0 aromatic carbocycles. The molecule has 22 heavy (non-hydrogen) atoms. The van der Waals surface area contributed by atoms with Crippen LogP contribution in [0.1, 0.15) is 29.7 Å². The molecule has 1 N–H and O–H groups in total. The highest BCUT2D eigenvalue weighted by Crippen LogP contribution is 2.28. The third-order valence-electron chi connectivity index (χ3n) is 3.77. The van der Waals surface area contributed by atoms with Crippen molar-refractivity contribution in [3.05, 3.63) is 16.1 Å². The van der Waals surface area contributed by atoms with Crippen molar-refractivity contribution >= 4 is 17.3 Å². The summed E-state index contributed by atoms with van der Waals surface area (Å²) >= 11 is 1.80. The lowest BCUT2D eigenvalue weighted by molar-refractivity contribution is 0.115. The summed E-state index contributed by atoms with van der Waals surface area (Å²) in [6.07, 6.45) is 6.68. The van der Waals surface area contributed by atoms with E-state index in [1.165, 1.54) is 22.7 Å². The average Bonchev–Trinajstić information content (AvgIpc) is 3.24. The van der Waals surface area contributed by atoms with E-state index in [0.29, 0.717) is 0 Å². The van der Waals surface area contributed by atoms with E-state index in [9.17, 15) is 0 Å². The molecule has 0 spiro atoms. The molecule has 1 heterocycles. The summed E-state index contributed by atoms with van der Waals surface area (Å²) in [6, 6.07) is 0. The van der Waals surface area contributed by atoms with Gasteiger partial charge in [-0.1, -0.05) is 6.92 Å². The largest absolute Gasteiger partial charge is 0.379 e. The molecule has 1 fully saturated rings. The van der Waals surface area contributed by atoms with Crippen LogP contribution in [0.15, 0.2) is 11.2 Å². The molecule has 1 aliphatic carbocycles. The SMILES string of the molecule is CCc1cnc(CCNC(=NC)N(C)CCOCC2CC2)s1. The minimum Gasteiger partial charge on any atom is -0.379 e. The van der Waals surface area contributed by atoms with Crippen molar-refractivity contribution in [2.24, 2.45) is 10.9 Å². The zero-order valence-corrected chi connectivity index (χ0v) is 14.8. The maximum absolute atomic E-state index is 5.68. The number of nitrogens with one attached hydrogen (secondary N) is 1. The number of aryl methyl sites for hydroxylation is 1. The van der Waals surface area contributed by atoms with Crippen LogP contribution in [0, 0.1) is 5.92 Å². The first-order valence-electron chi connectivity index (χ1n) is 8.16. The van der Waals surface area contributed by atoms with Crippen LogP contribution < -0.4 is 5.32 Å². The Kier molecular flexibility index (Phi) is 7.12. The van der Waals surface area contributed by atoms with Gasteiger partial charge in [-0.05, 0) is 25.2 Å². The fourth-order valence-corrected chi connectivity index (χ4v) is 3.00. The standard InChI is InChI=1S/C16H28N4OS/c1-4-14-11-19-15(22-14)7-8-18-16(17-2)20(3)9-10-21-12-13-5-6-13/h11,13H,4-10,12H2,1-3H3,(H,17,18). The van der Waals surface area contributed by atoms with Gasteiger partial charge < -0.3 is 15.0 Å². The van der Waals surface area contributed by atoms with Gasteiger partial charge in [0.15, 0.2) is 5.96 Å². The number of thiazole rings is 1. The molecule has 1 saturated carbocycles. The van der Waals surface area contributed by atoms with Gasteiger partial charge in [0, 0.05) is 51.3 Å². The van der Waals surface area contributed by atoms with Gasteiger partial charge >= 0.3 is 0 Å². The summed E-state index contributed by atoms with van der Waals surface area (Å²) in [5, 5.41) is 4.58. The molecule has 0 aliphatic heterocycles. The van der Waals surface area contributed by atoms with Crippen LogP contribution in [0.25, 0.3) is 0 Å². The van der Waals surface area contributed by atoms with Gasteiger partial charge in [-0.3, -0.25) is 4.99 Å². The highest BCUT2D eigenvalue weighted by atomic mass is 32.1. The number of hydrogen-bond donors (Lipinski definition) is 1. The predicted molar refractivity (Wildman–Crippen MR) is 92.7 cm³/mol. The van der Waals surface area contributed by atoms with Crippen LogP contribution in [0.3, 0.4) is 0 Å². The zero-order valence-electron chi connectivity index (χ0n) is 14.0. The fourth-order valence-electron chi connectivity index (χ4n) is 2.13. The van der Waals surface area contributed by atoms with Crippen LogP contribution in [0.2, 0.25) is 0 Å². The monoisotopic (exact) mass is 324 g/mol. The summed E-state index contributed by atoms with van der Waals surface area (Å²) < 4.78 is 5.68.